The highest BCUT2D eigenvalue weighted by molar-refractivity contribution is 5.95. The maximum absolute atomic E-state index is 12.4. The fourth-order valence-electron chi connectivity index (χ4n) is 2.48. The van der Waals surface area contributed by atoms with Gasteiger partial charge in [0.05, 0.1) is 13.2 Å². The average molecular weight is 343 g/mol. The topological polar surface area (TPSA) is 59.6 Å². The van der Waals surface area contributed by atoms with Crippen molar-refractivity contribution in [3.63, 3.8) is 0 Å². The van der Waals surface area contributed by atoms with Crippen LogP contribution in [0.2, 0.25) is 0 Å². The Kier molecular flexibility index (Phi) is 8.81. The molecule has 0 unspecified atom stereocenters. The van der Waals surface area contributed by atoms with E-state index in [9.17, 15) is 4.79 Å². The van der Waals surface area contributed by atoms with Gasteiger partial charge < -0.3 is 20.1 Å². The summed E-state index contributed by atoms with van der Waals surface area (Å²) in [6.07, 6.45) is 2.88. The van der Waals surface area contributed by atoms with Crippen molar-refractivity contribution >= 4 is 18.3 Å². The van der Waals surface area contributed by atoms with Gasteiger partial charge in [0.2, 0.25) is 0 Å². The third-order valence-corrected chi connectivity index (χ3v) is 3.64. The highest BCUT2D eigenvalue weighted by Gasteiger charge is 2.17. The predicted octanol–water partition coefficient (Wildman–Crippen LogP) is 2.78. The molecule has 23 heavy (non-hydrogen) atoms. The molecule has 1 heterocycles. The standard InChI is InChI=1S/C17H26N2O3.ClH/c1-3-11-22-15-6-5-13(12-16(15)21-4-2)17(20)19-14-7-9-18-10-8-14;/h5-6,12,14,18H,3-4,7-11H2,1-2H3,(H,19,20);1H. The van der Waals surface area contributed by atoms with Crippen LogP contribution >= 0.6 is 12.4 Å². The highest BCUT2D eigenvalue weighted by atomic mass is 35.5. The summed E-state index contributed by atoms with van der Waals surface area (Å²) in [7, 11) is 0. The molecule has 0 radical (unpaired) electrons. The molecule has 2 rings (SSSR count). The summed E-state index contributed by atoms with van der Waals surface area (Å²) in [5, 5.41) is 6.38. The van der Waals surface area contributed by atoms with Gasteiger partial charge in [-0.3, -0.25) is 4.79 Å². The van der Waals surface area contributed by atoms with Crippen LogP contribution in [0.1, 0.15) is 43.5 Å². The van der Waals surface area contributed by atoms with Crippen LogP contribution in [0.25, 0.3) is 0 Å². The molecule has 130 valence electrons. The third-order valence-electron chi connectivity index (χ3n) is 3.64. The summed E-state index contributed by atoms with van der Waals surface area (Å²) < 4.78 is 11.3. The van der Waals surface area contributed by atoms with Crippen LogP contribution in [-0.2, 0) is 0 Å². The van der Waals surface area contributed by atoms with Crippen molar-refractivity contribution in [2.24, 2.45) is 0 Å². The monoisotopic (exact) mass is 342 g/mol. The van der Waals surface area contributed by atoms with Gasteiger partial charge in [-0.15, -0.1) is 12.4 Å². The molecule has 1 aliphatic heterocycles. The second-order valence-electron chi connectivity index (χ2n) is 5.44. The molecule has 1 aromatic carbocycles. The van der Waals surface area contributed by atoms with E-state index < -0.39 is 0 Å². The Labute approximate surface area is 144 Å². The van der Waals surface area contributed by atoms with Crippen LogP contribution in [0.15, 0.2) is 18.2 Å². The lowest BCUT2D eigenvalue weighted by Crippen LogP contribution is -2.42. The molecule has 5 nitrogen and oxygen atoms in total. The van der Waals surface area contributed by atoms with Gasteiger partial charge in [-0.1, -0.05) is 6.92 Å². The van der Waals surface area contributed by atoms with Gasteiger partial charge in [-0.25, -0.2) is 0 Å². The van der Waals surface area contributed by atoms with Gasteiger partial charge in [0.25, 0.3) is 5.91 Å². The highest BCUT2D eigenvalue weighted by Crippen LogP contribution is 2.28. The van der Waals surface area contributed by atoms with Crippen molar-refractivity contribution in [1.82, 2.24) is 10.6 Å². The minimum atomic E-state index is -0.0464. The summed E-state index contributed by atoms with van der Waals surface area (Å²) in [5.74, 6) is 1.28. The molecule has 0 spiro atoms. The van der Waals surface area contributed by atoms with Crippen LogP contribution in [0.4, 0.5) is 0 Å². The van der Waals surface area contributed by atoms with Crippen molar-refractivity contribution in [1.29, 1.82) is 0 Å². The molecule has 0 atom stereocenters. The first kappa shape index (κ1) is 19.6. The van der Waals surface area contributed by atoms with E-state index in [1.807, 2.05) is 13.0 Å². The number of nitrogens with one attached hydrogen (secondary N) is 2. The summed E-state index contributed by atoms with van der Waals surface area (Å²) >= 11 is 0. The number of ether oxygens (including phenoxy) is 2. The number of benzene rings is 1. The largest absolute Gasteiger partial charge is 0.490 e. The summed E-state index contributed by atoms with van der Waals surface area (Å²) in [5.41, 5.74) is 0.617. The molecular weight excluding hydrogens is 316 g/mol. The van der Waals surface area contributed by atoms with E-state index >= 15 is 0 Å². The van der Waals surface area contributed by atoms with Gasteiger partial charge in [0, 0.05) is 11.6 Å². The maximum Gasteiger partial charge on any atom is 0.251 e. The lowest BCUT2D eigenvalue weighted by atomic mass is 10.1. The zero-order valence-corrected chi connectivity index (χ0v) is 14.7. The van der Waals surface area contributed by atoms with E-state index in [0.717, 1.165) is 32.4 Å². The van der Waals surface area contributed by atoms with Crippen molar-refractivity contribution in [2.45, 2.75) is 39.2 Å². The first-order valence-electron chi connectivity index (χ1n) is 8.15. The minimum absolute atomic E-state index is 0. The van der Waals surface area contributed by atoms with E-state index in [2.05, 4.69) is 17.6 Å². The number of amides is 1. The van der Waals surface area contributed by atoms with E-state index in [-0.39, 0.29) is 24.4 Å². The second-order valence-corrected chi connectivity index (χ2v) is 5.44. The van der Waals surface area contributed by atoms with E-state index in [1.165, 1.54) is 0 Å². The number of hydrogen-bond acceptors (Lipinski definition) is 4. The molecule has 1 aromatic rings. The Hall–Kier alpha value is -1.46. The van der Waals surface area contributed by atoms with Crippen LogP contribution < -0.4 is 20.1 Å². The Morgan fingerprint density at radius 2 is 1.96 bits per heavy atom. The van der Waals surface area contributed by atoms with Gasteiger partial charge in [-0.2, -0.15) is 0 Å². The predicted molar refractivity (Wildman–Crippen MR) is 94.0 cm³/mol. The Bertz CT molecular complexity index is 491. The van der Waals surface area contributed by atoms with Crippen LogP contribution in [-0.4, -0.2) is 38.3 Å². The molecule has 0 aliphatic carbocycles. The van der Waals surface area contributed by atoms with Crippen LogP contribution in [0.3, 0.4) is 0 Å². The first-order chi connectivity index (χ1) is 10.7. The van der Waals surface area contributed by atoms with Crippen molar-refractivity contribution in [3.05, 3.63) is 23.8 Å². The summed E-state index contributed by atoms with van der Waals surface area (Å²) in [4.78, 5) is 12.4. The van der Waals surface area contributed by atoms with Crippen LogP contribution in [0, 0.1) is 0 Å². The lowest BCUT2D eigenvalue weighted by molar-refractivity contribution is 0.0929. The molecular formula is C17H27ClN2O3. The zero-order valence-electron chi connectivity index (χ0n) is 13.9. The molecule has 6 heteroatoms. The Morgan fingerprint density at radius 3 is 2.61 bits per heavy atom. The molecule has 0 saturated carbocycles. The van der Waals surface area contributed by atoms with Crippen LogP contribution in [0.5, 0.6) is 11.5 Å². The third kappa shape index (κ3) is 5.92. The number of rotatable bonds is 7. The smallest absolute Gasteiger partial charge is 0.251 e. The first-order valence-corrected chi connectivity index (χ1v) is 8.15. The van der Waals surface area contributed by atoms with E-state index in [0.29, 0.717) is 30.3 Å². The van der Waals surface area contributed by atoms with E-state index in [4.69, 9.17) is 9.47 Å². The van der Waals surface area contributed by atoms with Gasteiger partial charge in [0.1, 0.15) is 0 Å². The fraction of sp³-hybridized carbons (Fsp3) is 0.588. The zero-order chi connectivity index (χ0) is 15.8. The molecule has 1 fully saturated rings. The molecule has 0 aromatic heterocycles. The SMILES string of the molecule is CCCOc1ccc(C(=O)NC2CCNCC2)cc1OCC.Cl. The van der Waals surface area contributed by atoms with Gasteiger partial charge >= 0.3 is 0 Å². The normalized spacial score (nSPS) is 14.7. The summed E-state index contributed by atoms with van der Waals surface area (Å²) in [6, 6.07) is 5.63. The van der Waals surface area contributed by atoms with Gasteiger partial charge in [0.15, 0.2) is 11.5 Å². The average Bonchev–Trinajstić information content (AvgIpc) is 2.55. The molecule has 0 bridgehead atoms. The number of carbonyl (C=O) groups is 1. The Morgan fingerprint density at radius 1 is 1.22 bits per heavy atom. The summed E-state index contributed by atoms with van der Waals surface area (Å²) in [6.45, 7) is 7.08. The molecule has 2 N–H and O–H groups in total. The number of piperidine rings is 1. The lowest BCUT2D eigenvalue weighted by Gasteiger charge is -2.23. The van der Waals surface area contributed by atoms with E-state index in [1.54, 1.807) is 12.1 Å². The van der Waals surface area contributed by atoms with Crippen molar-refractivity contribution < 1.29 is 14.3 Å². The Balaban J connectivity index is 0.00000264. The molecule has 1 amide bonds. The number of carbonyl (C=O) groups excluding carboxylic acids is 1. The second kappa shape index (κ2) is 10.3. The number of halogens is 1. The number of hydrogen-bond donors (Lipinski definition) is 2. The quantitative estimate of drug-likeness (QED) is 0.800. The maximum atomic E-state index is 12.4. The van der Waals surface area contributed by atoms with Crippen molar-refractivity contribution in [3.8, 4) is 11.5 Å². The minimum Gasteiger partial charge on any atom is -0.490 e. The molecule has 1 saturated heterocycles. The fourth-order valence-corrected chi connectivity index (χ4v) is 2.48. The van der Waals surface area contributed by atoms with Crippen molar-refractivity contribution in [2.75, 3.05) is 26.3 Å². The molecule has 1 aliphatic rings. The van der Waals surface area contributed by atoms with Gasteiger partial charge in [-0.05, 0) is 57.5 Å².